The van der Waals surface area contributed by atoms with E-state index in [1.54, 1.807) is 7.11 Å². The smallest absolute Gasteiger partial charge is 0.122 e. The lowest BCUT2D eigenvalue weighted by molar-refractivity contribution is 0.127. The lowest BCUT2D eigenvalue weighted by atomic mass is 9.93. The zero-order chi connectivity index (χ0) is 13.2. The summed E-state index contributed by atoms with van der Waals surface area (Å²) in [6.45, 7) is 0. The molecule has 0 saturated heterocycles. The maximum atomic E-state index is 9.73. The quantitative estimate of drug-likeness (QED) is 0.923. The van der Waals surface area contributed by atoms with Gasteiger partial charge in [-0.25, -0.2) is 0 Å². The number of ether oxygens (including phenoxy) is 1. The number of benzene rings is 1. The van der Waals surface area contributed by atoms with Gasteiger partial charge in [0, 0.05) is 17.2 Å². The molecular formula is C15H19NO2S. The normalized spacial score (nSPS) is 29.8. The number of thioether (sulfide) groups is 1. The van der Waals surface area contributed by atoms with Crippen molar-refractivity contribution in [3.05, 3.63) is 29.8 Å². The molecule has 1 aliphatic heterocycles. The SMILES string of the molecule is COc1ccccc1CC1=NC2CCC(O)CC2S1. The molecule has 3 unspecified atom stereocenters. The van der Waals surface area contributed by atoms with Gasteiger partial charge in [0.05, 0.1) is 24.3 Å². The topological polar surface area (TPSA) is 41.8 Å². The Bertz CT molecular complexity index is 489. The van der Waals surface area contributed by atoms with Crippen molar-refractivity contribution >= 4 is 16.8 Å². The number of hydrogen-bond donors (Lipinski definition) is 1. The van der Waals surface area contributed by atoms with Gasteiger partial charge in [0.1, 0.15) is 5.75 Å². The summed E-state index contributed by atoms with van der Waals surface area (Å²) in [6, 6.07) is 8.53. The molecule has 3 atom stereocenters. The van der Waals surface area contributed by atoms with Gasteiger partial charge in [0.2, 0.25) is 0 Å². The van der Waals surface area contributed by atoms with Crippen molar-refractivity contribution in [1.82, 2.24) is 0 Å². The molecule has 2 aliphatic rings. The van der Waals surface area contributed by atoms with E-state index in [9.17, 15) is 5.11 Å². The van der Waals surface area contributed by atoms with Crippen molar-refractivity contribution < 1.29 is 9.84 Å². The summed E-state index contributed by atoms with van der Waals surface area (Å²) in [5, 5.41) is 11.4. The van der Waals surface area contributed by atoms with Crippen LogP contribution in [-0.4, -0.2) is 34.7 Å². The monoisotopic (exact) mass is 277 g/mol. The van der Waals surface area contributed by atoms with Crippen LogP contribution in [0.3, 0.4) is 0 Å². The van der Waals surface area contributed by atoms with Crippen molar-refractivity contribution in [2.24, 2.45) is 4.99 Å². The molecule has 1 aromatic carbocycles. The predicted octanol–water partition coefficient (Wildman–Crippen LogP) is 2.67. The van der Waals surface area contributed by atoms with Gasteiger partial charge in [0.15, 0.2) is 0 Å². The number of aliphatic imine (C=N–C) groups is 1. The molecule has 1 heterocycles. The number of fused-ring (bicyclic) bond motifs is 1. The zero-order valence-electron chi connectivity index (χ0n) is 11.1. The summed E-state index contributed by atoms with van der Waals surface area (Å²) in [5.41, 5.74) is 1.19. The minimum atomic E-state index is -0.130. The Kier molecular flexibility index (Phi) is 3.80. The van der Waals surface area contributed by atoms with Crippen molar-refractivity contribution in [2.45, 2.75) is 43.1 Å². The van der Waals surface area contributed by atoms with Crippen molar-refractivity contribution in [3.8, 4) is 5.75 Å². The average molecular weight is 277 g/mol. The summed E-state index contributed by atoms with van der Waals surface area (Å²) in [4.78, 5) is 4.83. The van der Waals surface area contributed by atoms with Gasteiger partial charge in [-0.1, -0.05) is 18.2 Å². The Morgan fingerprint density at radius 2 is 2.21 bits per heavy atom. The molecule has 1 aromatic rings. The van der Waals surface area contributed by atoms with E-state index in [0.717, 1.165) is 31.4 Å². The molecule has 0 aromatic heterocycles. The zero-order valence-corrected chi connectivity index (χ0v) is 11.9. The third-order valence-corrected chi connectivity index (χ3v) is 5.19. The summed E-state index contributed by atoms with van der Waals surface area (Å²) in [7, 11) is 1.71. The van der Waals surface area contributed by atoms with E-state index in [0.29, 0.717) is 11.3 Å². The van der Waals surface area contributed by atoms with Gasteiger partial charge in [-0.3, -0.25) is 4.99 Å². The maximum Gasteiger partial charge on any atom is 0.122 e. The van der Waals surface area contributed by atoms with Gasteiger partial charge in [0.25, 0.3) is 0 Å². The summed E-state index contributed by atoms with van der Waals surface area (Å²) in [6.07, 6.45) is 3.52. The lowest BCUT2D eigenvalue weighted by Crippen LogP contribution is -2.30. The van der Waals surface area contributed by atoms with E-state index in [1.165, 1.54) is 10.6 Å². The number of nitrogens with zero attached hydrogens (tertiary/aromatic N) is 1. The Morgan fingerprint density at radius 3 is 3.05 bits per heavy atom. The van der Waals surface area contributed by atoms with E-state index in [1.807, 2.05) is 30.0 Å². The Balaban J connectivity index is 1.71. The molecule has 0 radical (unpaired) electrons. The van der Waals surface area contributed by atoms with Crippen LogP contribution in [0.5, 0.6) is 5.75 Å². The Labute approximate surface area is 118 Å². The van der Waals surface area contributed by atoms with Gasteiger partial charge >= 0.3 is 0 Å². The minimum Gasteiger partial charge on any atom is -0.496 e. The highest BCUT2D eigenvalue weighted by Gasteiger charge is 2.35. The second-order valence-corrected chi connectivity index (χ2v) is 6.51. The summed E-state index contributed by atoms with van der Waals surface area (Å²) >= 11 is 1.85. The first-order valence-electron chi connectivity index (χ1n) is 6.79. The van der Waals surface area contributed by atoms with E-state index < -0.39 is 0 Å². The van der Waals surface area contributed by atoms with Gasteiger partial charge in [-0.2, -0.15) is 0 Å². The van der Waals surface area contributed by atoms with Crippen LogP contribution in [-0.2, 0) is 6.42 Å². The van der Waals surface area contributed by atoms with E-state index in [2.05, 4.69) is 6.07 Å². The van der Waals surface area contributed by atoms with Crippen LogP contribution >= 0.6 is 11.8 Å². The molecule has 1 saturated carbocycles. The van der Waals surface area contributed by atoms with Crippen LogP contribution in [0.1, 0.15) is 24.8 Å². The largest absolute Gasteiger partial charge is 0.496 e. The second-order valence-electron chi connectivity index (χ2n) is 5.20. The van der Waals surface area contributed by atoms with Crippen LogP contribution in [0.15, 0.2) is 29.3 Å². The van der Waals surface area contributed by atoms with Crippen molar-refractivity contribution in [2.75, 3.05) is 7.11 Å². The number of hydrogen-bond acceptors (Lipinski definition) is 4. The van der Waals surface area contributed by atoms with E-state index >= 15 is 0 Å². The van der Waals surface area contributed by atoms with Crippen LogP contribution in [0, 0.1) is 0 Å². The fourth-order valence-corrected chi connectivity index (χ4v) is 4.31. The first kappa shape index (κ1) is 13.0. The van der Waals surface area contributed by atoms with Gasteiger partial charge in [-0.05, 0) is 25.3 Å². The predicted molar refractivity (Wildman–Crippen MR) is 79.2 cm³/mol. The Hall–Kier alpha value is -1.00. The van der Waals surface area contributed by atoms with E-state index in [-0.39, 0.29) is 6.10 Å². The number of aliphatic hydroxyl groups is 1. The van der Waals surface area contributed by atoms with Crippen molar-refractivity contribution in [1.29, 1.82) is 0 Å². The van der Waals surface area contributed by atoms with Crippen LogP contribution < -0.4 is 4.74 Å². The van der Waals surface area contributed by atoms with Gasteiger partial charge in [-0.15, -0.1) is 11.8 Å². The molecule has 0 bridgehead atoms. The molecular weight excluding hydrogens is 258 g/mol. The molecule has 0 spiro atoms. The second kappa shape index (κ2) is 5.55. The lowest BCUT2D eigenvalue weighted by Gasteiger charge is -2.26. The molecule has 102 valence electrons. The standard InChI is InChI=1S/C15H19NO2S/c1-18-13-5-3-2-4-10(13)8-15-16-12-7-6-11(17)9-14(12)19-15/h2-5,11-12,14,17H,6-9H2,1H3. The first-order valence-corrected chi connectivity index (χ1v) is 7.67. The van der Waals surface area contributed by atoms with Gasteiger partial charge < -0.3 is 9.84 Å². The third kappa shape index (κ3) is 2.79. The third-order valence-electron chi connectivity index (χ3n) is 3.86. The molecule has 19 heavy (non-hydrogen) atoms. The first-order chi connectivity index (χ1) is 9.26. The molecule has 0 amide bonds. The molecule has 4 heteroatoms. The fraction of sp³-hybridized carbons (Fsp3) is 0.533. The Morgan fingerprint density at radius 1 is 1.37 bits per heavy atom. The van der Waals surface area contributed by atoms with Crippen LogP contribution in [0.25, 0.3) is 0 Å². The van der Waals surface area contributed by atoms with Crippen molar-refractivity contribution in [3.63, 3.8) is 0 Å². The number of para-hydroxylation sites is 1. The number of methoxy groups -OCH3 is 1. The molecule has 3 rings (SSSR count). The number of rotatable bonds is 3. The molecule has 1 fully saturated rings. The minimum absolute atomic E-state index is 0.130. The molecule has 1 N–H and O–H groups in total. The highest BCUT2D eigenvalue weighted by molar-refractivity contribution is 8.14. The molecule has 3 nitrogen and oxygen atoms in total. The summed E-state index contributed by atoms with van der Waals surface area (Å²) in [5.74, 6) is 0.931. The highest BCUT2D eigenvalue weighted by atomic mass is 32.2. The fourth-order valence-electron chi connectivity index (χ4n) is 2.86. The van der Waals surface area contributed by atoms with Crippen LogP contribution in [0.4, 0.5) is 0 Å². The summed E-state index contributed by atoms with van der Waals surface area (Å²) < 4.78 is 5.39. The van der Waals surface area contributed by atoms with Crippen LogP contribution in [0.2, 0.25) is 0 Å². The van der Waals surface area contributed by atoms with E-state index in [4.69, 9.17) is 9.73 Å². The molecule has 1 aliphatic carbocycles. The average Bonchev–Trinajstić information content (AvgIpc) is 2.80. The number of aliphatic hydroxyl groups excluding tert-OH is 1. The maximum absolute atomic E-state index is 9.73. The highest BCUT2D eigenvalue weighted by Crippen LogP contribution is 2.38.